The van der Waals surface area contributed by atoms with E-state index in [2.05, 4.69) is 56.5 Å². The maximum absolute atomic E-state index is 4.73. The summed E-state index contributed by atoms with van der Waals surface area (Å²) in [5.41, 5.74) is 3.18. The van der Waals surface area contributed by atoms with E-state index < -0.39 is 0 Å². The smallest absolute Gasteiger partial charge is 0.194 e. The molecule has 2 heterocycles. The predicted molar refractivity (Wildman–Crippen MR) is 127 cm³/mol. The lowest BCUT2D eigenvalue weighted by molar-refractivity contribution is 0.464. The lowest BCUT2D eigenvalue weighted by Gasteiger charge is -2.20. The zero-order valence-corrected chi connectivity index (χ0v) is 19.6. The molecule has 28 heavy (non-hydrogen) atoms. The first kappa shape index (κ1) is 22.4. The van der Waals surface area contributed by atoms with Crippen LogP contribution in [0, 0.1) is 0 Å². The molecular weight excluding hydrogens is 483 g/mol. The molecule has 0 radical (unpaired) electrons. The maximum atomic E-state index is 4.73. The molecular formula is C20H27IN6S. The minimum atomic E-state index is 0. The van der Waals surface area contributed by atoms with Crippen LogP contribution in [0.4, 0.5) is 0 Å². The molecule has 8 heteroatoms. The maximum Gasteiger partial charge on any atom is 0.194 e. The summed E-state index contributed by atoms with van der Waals surface area (Å²) in [7, 11) is 2.02. The molecule has 0 amide bonds. The first-order chi connectivity index (χ1) is 13.2. The summed E-state index contributed by atoms with van der Waals surface area (Å²) in [5.74, 6) is 1.75. The van der Waals surface area contributed by atoms with Gasteiger partial charge in [-0.15, -0.1) is 35.3 Å². The summed E-state index contributed by atoms with van der Waals surface area (Å²) >= 11 is 1.70. The third kappa shape index (κ3) is 6.03. The Balaban J connectivity index is 0.00000280. The van der Waals surface area contributed by atoms with Crippen LogP contribution in [0.5, 0.6) is 0 Å². The Morgan fingerprint density at radius 1 is 1.25 bits per heavy atom. The van der Waals surface area contributed by atoms with Crippen LogP contribution < -0.4 is 5.32 Å². The molecule has 0 saturated heterocycles. The lowest BCUT2D eigenvalue weighted by atomic mass is 10.2. The summed E-state index contributed by atoms with van der Waals surface area (Å²) in [6.45, 7) is 6.24. The molecule has 0 aliphatic rings. The SMILES string of the molecule is CCNC(=NCc1csc(CC)n1)N(C)Cc1ncc(-c2ccccc2)[nH]1.I. The molecule has 0 bridgehead atoms. The number of aromatic amines is 1. The number of aromatic nitrogens is 3. The zero-order chi connectivity index (χ0) is 19.1. The first-order valence-corrected chi connectivity index (χ1v) is 10.1. The highest BCUT2D eigenvalue weighted by Gasteiger charge is 2.10. The Labute approximate surface area is 187 Å². The van der Waals surface area contributed by atoms with Crippen LogP contribution in [0.15, 0.2) is 46.9 Å². The number of aliphatic imine (C=N–C) groups is 1. The number of hydrogen-bond acceptors (Lipinski definition) is 4. The number of nitrogens with zero attached hydrogens (tertiary/aromatic N) is 4. The van der Waals surface area contributed by atoms with E-state index in [-0.39, 0.29) is 24.0 Å². The molecule has 0 aliphatic carbocycles. The minimum Gasteiger partial charge on any atom is -0.357 e. The number of aryl methyl sites for hydroxylation is 1. The van der Waals surface area contributed by atoms with Gasteiger partial charge in [0.05, 0.1) is 35.7 Å². The third-order valence-electron chi connectivity index (χ3n) is 4.09. The van der Waals surface area contributed by atoms with Crippen molar-refractivity contribution in [2.75, 3.05) is 13.6 Å². The molecule has 0 unspecified atom stereocenters. The Morgan fingerprint density at radius 3 is 2.71 bits per heavy atom. The van der Waals surface area contributed by atoms with Crippen LogP contribution in [0.3, 0.4) is 0 Å². The van der Waals surface area contributed by atoms with E-state index in [4.69, 9.17) is 4.99 Å². The highest BCUT2D eigenvalue weighted by atomic mass is 127. The summed E-state index contributed by atoms with van der Waals surface area (Å²) in [6, 6.07) is 10.2. The number of imidazole rings is 1. The summed E-state index contributed by atoms with van der Waals surface area (Å²) < 4.78 is 0. The molecule has 0 aliphatic heterocycles. The Hall–Kier alpha value is -1.94. The van der Waals surface area contributed by atoms with Crippen LogP contribution in [0.25, 0.3) is 11.3 Å². The van der Waals surface area contributed by atoms with Crippen molar-refractivity contribution in [2.24, 2.45) is 4.99 Å². The lowest BCUT2D eigenvalue weighted by Crippen LogP contribution is -2.38. The summed E-state index contributed by atoms with van der Waals surface area (Å²) in [4.78, 5) is 19.3. The second kappa shape index (κ2) is 11.2. The van der Waals surface area contributed by atoms with Crippen molar-refractivity contribution >= 4 is 41.3 Å². The molecule has 0 spiro atoms. The number of nitrogens with one attached hydrogen (secondary N) is 2. The average molecular weight is 510 g/mol. The fraction of sp³-hybridized carbons (Fsp3) is 0.350. The van der Waals surface area contributed by atoms with E-state index in [1.807, 2.05) is 31.4 Å². The van der Waals surface area contributed by atoms with E-state index in [9.17, 15) is 0 Å². The van der Waals surface area contributed by atoms with Crippen LogP contribution in [0.1, 0.15) is 30.4 Å². The molecule has 150 valence electrons. The van der Waals surface area contributed by atoms with Crippen molar-refractivity contribution in [2.45, 2.75) is 33.4 Å². The molecule has 1 aromatic carbocycles. The Morgan fingerprint density at radius 2 is 2.04 bits per heavy atom. The van der Waals surface area contributed by atoms with E-state index in [1.165, 1.54) is 0 Å². The fourth-order valence-electron chi connectivity index (χ4n) is 2.72. The van der Waals surface area contributed by atoms with Gasteiger partial charge in [-0.2, -0.15) is 0 Å². The summed E-state index contributed by atoms with van der Waals surface area (Å²) in [5, 5.41) is 6.59. The van der Waals surface area contributed by atoms with Crippen LogP contribution >= 0.6 is 35.3 Å². The normalized spacial score (nSPS) is 11.2. The van der Waals surface area contributed by atoms with E-state index >= 15 is 0 Å². The van der Waals surface area contributed by atoms with Gasteiger partial charge < -0.3 is 15.2 Å². The van der Waals surface area contributed by atoms with Gasteiger partial charge in [-0.3, -0.25) is 0 Å². The molecule has 0 fully saturated rings. The van der Waals surface area contributed by atoms with Crippen LogP contribution in [-0.2, 0) is 19.5 Å². The molecule has 3 rings (SSSR count). The van der Waals surface area contributed by atoms with Gasteiger partial charge in [0, 0.05) is 19.0 Å². The Bertz CT molecular complexity index is 874. The molecule has 2 N–H and O–H groups in total. The van der Waals surface area contributed by atoms with Gasteiger partial charge in [-0.25, -0.2) is 15.0 Å². The number of halogens is 1. The van der Waals surface area contributed by atoms with Crippen LogP contribution in [0.2, 0.25) is 0 Å². The van der Waals surface area contributed by atoms with Crippen molar-refractivity contribution in [3.8, 4) is 11.3 Å². The van der Waals surface area contributed by atoms with Crippen LogP contribution in [-0.4, -0.2) is 39.4 Å². The second-order valence-corrected chi connectivity index (χ2v) is 7.16. The summed E-state index contributed by atoms with van der Waals surface area (Å²) in [6.07, 6.45) is 2.85. The van der Waals surface area contributed by atoms with Gasteiger partial charge in [-0.05, 0) is 18.9 Å². The highest BCUT2D eigenvalue weighted by Crippen LogP contribution is 2.16. The number of hydrogen-bond donors (Lipinski definition) is 2. The third-order valence-corrected chi connectivity index (χ3v) is 5.13. The monoisotopic (exact) mass is 510 g/mol. The molecule has 0 atom stereocenters. The fourth-order valence-corrected chi connectivity index (χ4v) is 3.45. The van der Waals surface area contributed by atoms with E-state index in [0.29, 0.717) is 13.1 Å². The highest BCUT2D eigenvalue weighted by molar-refractivity contribution is 14.0. The van der Waals surface area contributed by atoms with Gasteiger partial charge in [0.15, 0.2) is 5.96 Å². The van der Waals surface area contributed by atoms with Gasteiger partial charge >= 0.3 is 0 Å². The van der Waals surface area contributed by atoms with Gasteiger partial charge in [0.2, 0.25) is 0 Å². The van der Waals surface area contributed by atoms with Crippen molar-refractivity contribution in [3.05, 3.63) is 58.4 Å². The largest absolute Gasteiger partial charge is 0.357 e. The topological polar surface area (TPSA) is 69.2 Å². The van der Waals surface area contributed by atoms with E-state index in [1.54, 1.807) is 11.3 Å². The van der Waals surface area contributed by atoms with Crippen molar-refractivity contribution < 1.29 is 0 Å². The van der Waals surface area contributed by atoms with Gasteiger partial charge in [0.25, 0.3) is 0 Å². The van der Waals surface area contributed by atoms with E-state index in [0.717, 1.165) is 46.7 Å². The van der Waals surface area contributed by atoms with Crippen molar-refractivity contribution in [1.29, 1.82) is 0 Å². The predicted octanol–water partition coefficient (Wildman–Crippen LogP) is 4.31. The molecule has 2 aromatic heterocycles. The molecule has 3 aromatic rings. The second-order valence-electron chi connectivity index (χ2n) is 6.22. The van der Waals surface area contributed by atoms with Crippen molar-refractivity contribution in [1.82, 2.24) is 25.2 Å². The number of thiazole rings is 1. The number of benzene rings is 1. The van der Waals surface area contributed by atoms with Gasteiger partial charge in [-0.1, -0.05) is 37.3 Å². The first-order valence-electron chi connectivity index (χ1n) is 9.21. The standard InChI is InChI=1S/C20H26N6S.HI/c1-4-19-24-16(14-27-19)11-23-20(21-5-2)26(3)13-18-22-12-17(25-18)15-9-7-6-8-10-15;/h6-10,12,14H,4-5,11,13H2,1-3H3,(H,21,23)(H,22,25);1H. The molecule has 0 saturated carbocycles. The number of guanidine groups is 1. The quantitative estimate of drug-likeness (QED) is 0.283. The number of rotatable bonds is 7. The number of H-pyrrole nitrogens is 1. The average Bonchev–Trinajstić information content (AvgIpc) is 3.35. The minimum absolute atomic E-state index is 0. The van der Waals surface area contributed by atoms with Crippen molar-refractivity contribution in [3.63, 3.8) is 0 Å². The Kier molecular flexibility index (Phi) is 8.91. The molecule has 6 nitrogen and oxygen atoms in total. The van der Waals surface area contributed by atoms with Gasteiger partial charge in [0.1, 0.15) is 5.82 Å². The zero-order valence-electron chi connectivity index (χ0n) is 16.5.